The van der Waals surface area contributed by atoms with Gasteiger partial charge in [-0.25, -0.2) is 64.8 Å². The van der Waals surface area contributed by atoms with E-state index >= 15 is 0 Å². The Hall–Kier alpha value is -15.1. The summed E-state index contributed by atoms with van der Waals surface area (Å²) in [6.07, 6.45) is 3.78. The molecule has 19 aromatic rings. The highest BCUT2D eigenvalue weighted by molar-refractivity contribution is 5.94. The first kappa shape index (κ1) is 75.0. The first-order valence-corrected chi connectivity index (χ1v) is 38.4. The second kappa shape index (κ2) is 34.3. The minimum absolute atomic E-state index is 0.707. The molecule has 0 amide bonds. The van der Waals surface area contributed by atoms with Gasteiger partial charge in [0.25, 0.3) is 0 Å². The largest absolute Gasteiger partial charge is 0.256 e. The molecular weight excluding hydrogens is 1420 g/mol. The van der Waals surface area contributed by atoms with Gasteiger partial charge in [0.15, 0.2) is 23.3 Å². The van der Waals surface area contributed by atoms with Gasteiger partial charge in [0.2, 0.25) is 0 Å². The van der Waals surface area contributed by atoms with Crippen molar-refractivity contribution in [2.45, 2.75) is 55.4 Å². The lowest BCUT2D eigenvalue weighted by Gasteiger charge is -2.11. The predicted molar refractivity (Wildman–Crippen MR) is 468 cm³/mol. The van der Waals surface area contributed by atoms with E-state index < -0.39 is 0 Å². The number of aromatic nitrogens is 15. The molecule has 7 heterocycles. The van der Waals surface area contributed by atoms with Crippen LogP contribution in [0.5, 0.6) is 0 Å². The summed E-state index contributed by atoms with van der Waals surface area (Å²) in [5.74, 6) is 8.70. The maximum absolute atomic E-state index is 4.80. The average Bonchev–Trinajstić information content (AvgIpc) is 0.803. The number of pyridine rings is 3. The minimum Gasteiger partial charge on any atom is -0.256 e. The molecule has 0 atom stereocenters. The van der Waals surface area contributed by atoms with Gasteiger partial charge in [0, 0.05) is 67.5 Å². The smallest absolute Gasteiger partial charge is 0.163 e. The van der Waals surface area contributed by atoms with Crippen LogP contribution in [0.2, 0.25) is 0 Å². The molecule has 0 saturated heterocycles. The van der Waals surface area contributed by atoms with Crippen molar-refractivity contribution in [2.75, 3.05) is 0 Å². The van der Waals surface area contributed by atoms with Crippen LogP contribution in [-0.2, 0) is 0 Å². The van der Waals surface area contributed by atoms with E-state index in [1.165, 1.54) is 11.1 Å². The van der Waals surface area contributed by atoms with Gasteiger partial charge in [-0.15, -0.1) is 0 Å². The Balaban J connectivity index is 0.000000116. The minimum atomic E-state index is 0.707. The predicted octanol–water partition coefficient (Wildman–Crippen LogP) is 23.6. The van der Waals surface area contributed by atoms with Gasteiger partial charge >= 0.3 is 0 Å². The van der Waals surface area contributed by atoms with Crippen molar-refractivity contribution in [2.24, 2.45) is 0 Å². The average molecular weight is 1500 g/mol. The summed E-state index contributed by atoms with van der Waals surface area (Å²) in [6, 6.07) is 111. The van der Waals surface area contributed by atoms with E-state index in [1.54, 1.807) is 0 Å². The normalized spacial score (nSPS) is 10.9. The van der Waals surface area contributed by atoms with Gasteiger partial charge < -0.3 is 0 Å². The van der Waals surface area contributed by atoms with Crippen LogP contribution in [0.1, 0.15) is 46.6 Å². The van der Waals surface area contributed by atoms with Crippen molar-refractivity contribution in [3.05, 3.63) is 381 Å². The van der Waals surface area contributed by atoms with E-state index in [-0.39, 0.29) is 0 Å². The number of benzene rings is 12. The SMILES string of the molecule is Cc1nc(C)nc(-c2cc(-c3ccccc3)cc(-c3ccccc3)c2)n1.Cc1nc(C)nc(-c2cccc(-c3ccc(-c4ccc5ccccc5n4)cc3)c2)n1.Cc1nc(C)nc(-c2cccc(-c3ccc(-c4cccc5cccnc45)cc3)c2)n1.Cc1nc(C)nc(-c2cccc(-c3ccc(-c4cnc5ccccc5c4)cc3)c2)n1. The third-order valence-electron chi connectivity index (χ3n) is 19.6. The molecule has 116 heavy (non-hydrogen) atoms. The molecule has 0 aliphatic heterocycles. The molecule has 0 N–H and O–H groups in total. The Bertz CT molecular complexity index is 6370. The summed E-state index contributed by atoms with van der Waals surface area (Å²) in [5.41, 5.74) is 25.1. The van der Waals surface area contributed by atoms with Crippen molar-refractivity contribution >= 4 is 32.7 Å². The van der Waals surface area contributed by atoms with Gasteiger partial charge in [-0.3, -0.25) is 9.97 Å². The van der Waals surface area contributed by atoms with E-state index in [0.29, 0.717) is 23.3 Å². The molecule has 0 bridgehead atoms. The zero-order chi connectivity index (χ0) is 79.4. The molecule has 7 aromatic heterocycles. The first-order valence-electron chi connectivity index (χ1n) is 38.4. The van der Waals surface area contributed by atoms with Gasteiger partial charge in [0.05, 0.1) is 22.2 Å². The van der Waals surface area contributed by atoms with Gasteiger partial charge in [-0.2, -0.15) is 0 Å². The van der Waals surface area contributed by atoms with E-state index in [2.05, 4.69) is 300 Å². The van der Waals surface area contributed by atoms with Gasteiger partial charge in [0.1, 0.15) is 46.6 Å². The summed E-state index contributed by atoms with van der Waals surface area (Å²) in [7, 11) is 0. The van der Waals surface area contributed by atoms with Crippen molar-refractivity contribution < 1.29 is 0 Å². The van der Waals surface area contributed by atoms with Crippen LogP contribution in [0, 0.1) is 55.4 Å². The molecule has 0 spiro atoms. The molecule has 558 valence electrons. The maximum atomic E-state index is 4.80. The van der Waals surface area contributed by atoms with Crippen LogP contribution in [0.4, 0.5) is 0 Å². The Morgan fingerprint density at radius 3 is 0.966 bits per heavy atom. The third kappa shape index (κ3) is 17.9. The number of hydrogen-bond donors (Lipinski definition) is 0. The highest BCUT2D eigenvalue weighted by Gasteiger charge is 2.15. The van der Waals surface area contributed by atoms with E-state index in [0.717, 1.165) is 180 Å². The number of nitrogens with zero attached hydrogens (tertiary/aromatic N) is 15. The summed E-state index contributed by atoms with van der Waals surface area (Å²) in [6.45, 7) is 15.1. The molecule has 0 aliphatic rings. The molecule has 0 unspecified atom stereocenters. The van der Waals surface area contributed by atoms with Crippen LogP contribution in [0.3, 0.4) is 0 Å². The molecule has 15 nitrogen and oxygen atoms in total. The number of aryl methyl sites for hydroxylation is 8. The number of hydrogen-bond acceptors (Lipinski definition) is 15. The fourth-order valence-corrected chi connectivity index (χ4v) is 14.2. The van der Waals surface area contributed by atoms with Crippen molar-refractivity contribution in [3.63, 3.8) is 0 Å². The first-order chi connectivity index (χ1) is 56.7. The van der Waals surface area contributed by atoms with Crippen molar-refractivity contribution in [3.8, 4) is 135 Å². The summed E-state index contributed by atoms with van der Waals surface area (Å²) in [5, 5.41) is 3.45. The lowest BCUT2D eigenvalue weighted by molar-refractivity contribution is 0.928. The third-order valence-corrected chi connectivity index (χ3v) is 19.6. The summed E-state index contributed by atoms with van der Waals surface area (Å²) in [4.78, 5) is 67.1. The Labute approximate surface area is 674 Å². The zero-order valence-corrected chi connectivity index (χ0v) is 65.5. The molecular formula is C101H79N15. The van der Waals surface area contributed by atoms with E-state index in [4.69, 9.17) is 4.98 Å². The van der Waals surface area contributed by atoms with Crippen LogP contribution in [0.15, 0.2) is 334 Å². The zero-order valence-electron chi connectivity index (χ0n) is 65.5. The number of para-hydroxylation sites is 3. The second-order valence-electron chi connectivity index (χ2n) is 28.2. The molecule has 15 heteroatoms. The Morgan fingerprint density at radius 2 is 0.500 bits per heavy atom. The van der Waals surface area contributed by atoms with Gasteiger partial charge in [-0.05, 0) is 189 Å². The van der Waals surface area contributed by atoms with Crippen LogP contribution >= 0.6 is 0 Å². The highest BCUT2D eigenvalue weighted by Crippen LogP contribution is 2.36. The second-order valence-corrected chi connectivity index (χ2v) is 28.2. The molecule has 0 fully saturated rings. The summed E-state index contributed by atoms with van der Waals surface area (Å²) >= 11 is 0. The molecule has 0 aliphatic carbocycles. The lowest BCUT2D eigenvalue weighted by Crippen LogP contribution is -1.99. The number of rotatable bonds is 12. The lowest BCUT2D eigenvalue weighted by atomic mass is 9.96. The molecule has 0 radical (unpaired) electrons. The van der Waals surface area contributed by atoms with Gasteiger partial charge in [-0.1, -0.05) is 255 Å². The monoisotopic (exact) mass is 1500 g/mol. The molecule has 12 aromatic carbocycles. The van der Waals surface area contributed by atoms with Crippen molar-refractivity contribution in [1.29, 1.82) is 0 Å². The van der Waals surface area contributed by atoms with Crippen molar-refractivity contribution in [1.82, 2.24) is 74.8 Å². The quantitative estimate of drug-likeness (QED) is 0.112. The number of fused-ring (bicyclic) bond motifs is 3. The molecule has 0 saturated carbocycles. The molecule has 19 rings (SSSR count). The van der Waals surface area contributed by atoms with Crippen LogP contribution in [0.25, 0.3) is 167 Å². The topological polar surface area (TPSA) is 193 Å². The van der Waals surface area contributed by atoms with E-state index in [1.807, 2.05) is 159 Å². The maximum Gasteiger partial charge on any atom is 0.163 e. The fourth-order valence-electron chi connectivity index (χ4n) is 14.2. The standard InChI is InChI=1S/3C26H20N4.C23H19N3/c1-17-28-18(2)30-26(29-17)23-8-3-7-22(16-23)19-11-13-20(14-12-19)24-10-4-6-21-9-5-15-27-25(21)24;1-17-28-18(2)30-26(29-17)23-8-5-7-21(14-23)19-10-12-20(13-11-19)24-15-22-6-3-4-9-25(22)27-16-24;1-17-27-18(2)29-26(28-17)23-8-5-7-22(16-23)19-10-12-21(13-11-19)25-15-14-20-6-3-4-9-24(20)30-25;1-16-24-17(2)26-23(25-16)22-14-20(18-9-5-3-6-10-18)13-21(15-22)19-11-7-4-8-12-19/h3*3-16H,1-2H3;3-15H,1-2H3. The Kier molecular flexibility index (Phi) is 22.1. The van der Waals surface area contributed by atoms with E-state index in [9.17, 15) is 0 Å². The van der Waals surface area contributed by atoms with Crippen LogP contribution in [-0.4, -0.2) is 74.8 Å². The fraction of sp³-hybridized carbons (Fsp3) is 0.0792. The van der Waals surface area contributed by atoms with Crippen LogP contribution < -0.4 is 0 Å². The Morgan fingerprint density at radius 1 is 0.172 bits per heavy atom. The summed E-state index contributed by atoms with van der Waals surface area (Å²) < 4.78 is 0. The highest BCUT2D eigenvalue weighted by atomic mass is 15.0.